The summed E-state index contributed by atoms with van der Waals surface area (Å²) in [5.74, 6) is -0.0390. The molecule has 0 atom stereocenters. The van der Waals surface area contributed by atoms with E-state index in [0.29, 0.717) is 23.3 Å². The SMILES string of the molecule is O=c1c(-c2ccccc2)c(O)[n+](C/C=C/c2ccc(Br)cc2)c2ccccn12. The minimum Gasteiger partial charge on any atom is -0.477 e. The summed E-state index contributed by atoms with van der Waals surface area (Å²) in [5, 5.41) is 11.0. The molecule has 0 aliphatic rings. The van der Waals surface area contributed by atoms with E-state index in [1.54, 1.807) is 15.2 Å². The van der Waals surface area contributed by atoms with E-state index in [1.165, 1.54) is 0 Å². The van der Waals surface area contributed by atoms with Gasteiger partial charge in [-0.15, -0.1) is 0 Å². The van der Waals surface area contributed by atoms with Gasteiger partial charge in [-0.25, -0.2) is 4.79 Å². The molecule has 4 rings (SSSR count). The molecule has 0 saturated carbocycles. The third-order valence-electron chi connectivity index (χ3n) is 4.56. The molecule has 0 bridgehead atoms. The van der Waals surface area contributed by atoms with Gasteiger partial charge in [0.05, 0.1) is 6.20 Å². The first-order valence-electron chi connectivity index (χ1n) is 8.89. The number of benzene rings is 2. The lowest BCUT2D eigenvalue weighted by molar-refractivity contribution is -0.670. The number of allylic oxidation sites excluding steroid dienone is 1. The van der Waals surface area contributed by atoms with E-state index in [9.17, 15) is 9.90 Å². The second-order valence-corrected chi connectivity index (χ2v) is 7.28. The summed E-state index contributed by atoms with van der Waals surface area (Å²) >= 11 is 3.43. The molecule has 4 aromatic rings. The van der Waals surface area contributed by atoms with Crippen molar-refractivity contribution in [3.63, 3.8) is 0 Å². The number of aromatic nitrogens is 2. The molecule has 1 N–H and O–H groups in total. The molecule has 0 fully saturated rings. The van der Waals surface area contributed by atoms with Crippen LogP contribution in [0.2, 0.25) is 0 Å². The lowest BCUT2D eigenvalue weighted by Crippen LogP contribution is -2.40. The maximum absolute atomic E-state index is 13.0. The maximum atomic E-state index is 13.0. The van der Waals surface area contributed by atoms with Crippen molar-refractivity contribution in [1.29, 1.82) is 0 Å². The van der Waals surface area contributed by atoms with Crippen LogP contribution in [0.15, 0.2) is 94.3 Å². The third kappa shape index (κ3) is 3.49. The molecule has 0 unspecified atom stereocenters. The number of fused-ring (bicyclic) bond motifs is 1. The lowest BCUT2D eigenvalue weighted by Gasteiger charge is -2.08. The number of hydrogen-bond donors (Lipinski definition) is 1. The fourth-order valence-electron chi connectivity index (χ4n) is 3.19. The Balaban J connectivity index is 1.83. The summed E-state index contributed by atoms with van der Waals surface area (Å²) in [6, 6.07) is 22.7. The molecule has 0 saturated heterocycles. The Morgan fingerprint density at radius 3 is 2.43 bits per heavy atom. The molecule has 28 heavy (non-hydrogen) atoms. The van der Waals surface area contributed by atoms with Crippen LogP contribution in [-0.2, 0) is 6.54 Å². The fourth-order valence-corrected chi connectivity index (χ4v) is 3.46. The van der Waals surface area contributed by atoms with Crippen molar-refractivity contribution in [2.75, 3.05) is 0 Å². The largest absolute Gasteiger partial charge is 0.477 e. The van der Waals surface area contributed by atoms with Crippen molar-refractivity contribution in [3.05, 3.63) is 105 Å². The standard InChI is InChI=1S/C23H17BrN2O2/c24-19-13-11-17(12-14-19)7-6-16-26-20-10-4-5-15-25(20)22(27)21(23(26)28)18-8-2-1-3-9-18/h1-15H,16H2/p+1/b7-6+. The maximum Gasteiger partial charge on any atom is 0.354 e. The van der Waals surface area contributed by atoms with E-state index in [0.717, 1.165) is 10.0 Å². The van der Waals surface area contributed by atoms with Crippen LogP contribution in [-0.4, -0.2) is 9.51 Å². The molecule has 5 heteroatoms. The number of pyridine rings is 1. The summed E-state index contributed by atoms with van der Waals surface area (Å²) < 4.78 is 4.33. The van der Waals surface area contributed by atoms with Crippen LogP contribution < -0.4 is 10.1 Å². The van der Waals surface area contributed by atoms with Gasteiger partial charge < -0.3 is 5.11 Å². The molecule has 138 valence electrons. The Hall–Kier alpha value is -3.18. The molecule has 4 nitrogen and oxygen atoms in total. The van der Waals surface area contributed by atoms with Gasteiger partial charge >= 0.3 is 5.56 Å². The molecule has 2 aromatic carbocycles. The van der Waals surface area contributed by atoms with E-state index in [-0.39, 0.29) is 11.4 Å². The first-order chi connectivity index (χ1) is 13.6. The van der Waals surface area contributed by atoms with Crippen molar-refractivity contribution < 1.29 is 9.67 Å². The Kier molecular flexibility index (Phi) is 5.08. The number of rotatable bonds is 4. The minimum atomic E-state index is -0.243. The highest BCUT2D eigenvalue weighted by atomic mass is 79.9. The van der Waals surface area contributed by atoms with E-state index < -0.39 is 0 Å². The normalized spacial score (nSPS) is 11.3. The summed E-state index contributed by atoms with van der Waals surface area (Å²) in [6.07, 6.45) is 5.68. The molecular weight excluding hydrogens is 416 g/mol. The van der Waals surface area contributed by atoms with Gasteiger partial charge in [-0.1, -0.05) is 70.5 Å². The predicted octanol–water partition coefficient (Wildman–Crippen LogP) is 4.44. The zero-order valence-corrected chi connectivity index (χ0v) is 16.6. The van der Waals surface area contributed by atoms with Crippen LogP contribution in [0.1, 0.15) is 5.56 Å². The average molecular weight is 434 g/mol. The second-order valence-electron chi connectivity index (χ2n) is 6.36. The Morgan fingerprint density at radius 2 is 1.68 bits per heavy atom. The monoisotopic (exact) mass is 433 g/mol. The van der Waals surface area contributed by atoms with E-state index >= 15 is 0 Å². The van der Waals surface area contributed by atoms with Crippen LogP contribution in [0.5, 0.6) is 5.88 Å². The molecule has 0 aliphatic heterocycles. The second kappa shape index (κ2) is 7.82. The zero-order chi connectivity index (χ0) is 19.5. The van der Waals surface area contributed by atoms with Crippen LogP contribution in [0, 0.1) is 0 Å². The zero-order valence-electron chi connectivity index (χ0n) is 15.0. The predicted molar refractivity (Wildman–Crippen MR) is 114 cm³/mol. The lowest BCUT2D eigenvalue weighted by atomic mass is 10.1. The van der Waals surface area contributed by atoms with Gasteiger partial charge in [0.25, 0.3) is 11.5 Å². The van der Waals surface area contributed by atoms with Gasteiger partial charge in [-0.2, -0.15) is 8.97 Å². The van der Waals surface area contributed by atoms with Crippen molar-refractivity contribution in [3.8, 4) is 17.0 Å². The van der Waals surface area contributed by atoms with Crippen LogP contribution in [0.25, 0.3) is 22.9 Å². The first-order valence-corrected chi connectivity index (χ1v) is 9.68. The fraction of sp³-hybridized carbons (Fsp3) is 0.0435. The quantitative estimate of drug-likeness (QED) is 0.483. The summed E-state index contributed by atoms with van der Waals surface area (Å²) in [7, 11) is 0. The van der Waals surface area contributed by atoms with Gasteiger partial charge in [0.2, 0.25) is 0 Å². The number of nitrogens with zero attached hydrogens (tertiary/aromatic N) is 2. The molecule has 0 radical (unpaired) electrons. The van der Waals surface area contributed by atoms with Crippen molar-refractivity contribution in [1.82, 2.24) is 4.40 Å². The number of halogens is 1. The minimum absolute atomic E-state index is 0.0390. The van der Waals surface area contributed by atoms with Gasteiger partial charge in [-0.3, -0.25) is 0 Å². The van der Waals surface area contributed by atoms with Gasteiger partial charge in [0.15, 0.2) is 5.56 Å². The van der Waals surface area contributed by atoms with Crippen molar-refractivity contribution in [2.45, 2.75) is 6.54 Å². The Morgan fingerprint density at radius 1 is 0.964 bits per heavy atom. The van der Waals surface area contributed by atoms with Crippen LogP contribution >= 0.6 is 15.9 Å². The van der Waals surface area contributed by atoms with E-state index in [1.807, 2.05) is 84.9 Å². The van der Waals surface area contributed by atoms with E-state index in [2.05, 4.69) is 15.9 Å². The summed E-state index contributed by atoms with van der Waals surface area (Å²) in [5.41, 5.74) is 2.43. The average Bonchev–Trinajstić information content (AvgIpc) is 2.73. The highest BCUT2D eigenvalue weighted by Gasteiger charge is 2.23. The van der Waals surface area contributed by atoms with Gasteiger partial charge in [-0.05, 0) is 35.4 Å². The molecule has 0 amide bonds. The van der Waals surface area contributed by atoms with Crippen molar-refractivity contribution >= 4 is 27.7 Å². The molecule has 0 spiro atoms. The van der Waals surface area contributed by atoms with Crippen LogP contribution in [0.3, 0.4) is 0 Å². The third-order valence-corrected chi connectivity index (χ3v) is 5.09. The molecule has 2 aromatic heterocycles. The molecule has 0 aliphatic carbocycles. The van der Waals surface area contributed by atoms with Gasteiger partial charge in [0.1, 0.15) is 6.54 Å². The molecule has 2 heterocycles. The van der Waals surface area contributed by atoms with E-state index in [4.69, 9.17) is 0 Å². The highest BCUT2D eigenvalue weighted by Crippen LogP contribution is 2.23. The van der Waals surface area contributed by atoms with Crippen molar-refractivity contribution in [2.24, 2.45) is 0 Å². The van der Waals surface area contributed by atoms with Gasteiger partial charge in [0, 0.05) is 10.5 Å². The first kappa shape index (κ1) is 18.2. The Labute approximate surface area is 170 Å². The summed E-state index contributed by atoms with van der Waals surface area (Å²) in [6.45, 7) is 0.426. The number of aromatic hydroxyl groups is 1. The molecular formula is C23H18BrN2O2+. The summed E-state index contributed by atoms with van der Waals surface area (Å²) in [4.78, 5) is 13.0. The van der Waals surface area contributed by atoms with Crippen LogP contribution in [0.4, 0.5) is 0 Å². The topological polar surface area (TPSA) is 45.6 Å². The Bertz CT molecular complexity index is 1210. The highest BCUT2D eigenvalue weighted by molar-refractivity contribution is 9.10. The number of hydrogen-bond acceptors (Lipinski definition) is 2. The smallest absolute Gasteiger partial charge is 0.354 e.